The van der Waals surface area contributed by atoms with Crippen molar-refractivity contribution in [3.8, 4) is 0 Å². The third-order valence-electron chi connectivity index (χ3n) is 2.38. The van der Waals surface area contributed by atoms with E-state index in [1.165, 1.54) is 12.8 Å². The van der Waals surface area contributed by atoms with Gasteiger partial charge in [-0.05, 0) is 0 Å². The van der Waals surface area contributed by atoms with Crippen molar-refractivity contribution < 1.29 is 0 Å². The summed E-state index contributed by atoms with van der Waals surface area (Å²) in [7, 11) is 0. The predicted molar refractivity (Wildman–Crippen MR) is 50.1 cm³/mol. The molecule has 0 heterocycles. The summed E-state index contributed by atoms with van der Waals surface area (Å²) in [5.74, 6) is 1.15. The molecular formula is C9H20Sn. The Morgan fingerprint density at radius 1 is 1.10 bits per heavy atom. The van der Waals surface area contributed by atoms with Gasteiger partial charge in [0.15, 0.2) is 0 Å². The molecule has 1 aliphatic rings. The molecule has 1 saturated carbocycles. The molecule has 0 aromatic heterocycles. The van der Waals surface area contributed by atoms with Crippen LogP contribution in [0, 0.1) is 5.92 Å². The first-order valence-electron chi connectivity index (χ1n) is 4.58. The molecular weight excluding hydrogens is 227 g/mol. The van der Waals surface area contributed by atoms with E-state index in [0.29, 0.717) is 0 Å². The van der Waals surface area contributed by atoms with E-state index in [2.05, 4.69) is 14.8 Å². The summed E-state index contributed by atoms with van der Waals surface area (Å²) in [6.07, 6.45) is 6.14. The molecule has 0 spiro atoms. The van der Waals surface area contributed by atoms with Gasteiger partial charge in [-0.3, -0.25) is 0 Å². The molecule has 0 unspecified atom stereocenters. The van der Waals surface area contributed by atoms with Crippen molar-refractivity contribution >= 4 is 18.4 Å². The molecule has 0 saturated heterocycles. The van der Waals surface area contributed by atoms with Crippen molar-refractivity contribution in [3.63, 3.8) is 0 Å². The van der Waals surface area contributed by atoms with Gasteiger partial charge in [0.1, 0.15) is 0 Å². The van der Waals surface area contributed by atoms with Crippen LogP contribution in [0.1, 0.15) is 25.7 Å². The molecule has 1 rings (SSSR count). The molecule has 0 bridgehead atoms. The van der Waals surface area contributed by atoms with E-state index < -0.39 is 18.4 Å². The van der Waals surface area contributed by atoms with Crippen molar-refractivity contribution in [1.29, 1.82) is 0 Å². The fourth-order valence-corrected chi connectivity index (χ4v) is 8.19. The zero-order chi connectivity index (χ0) is 7.61. The Morgan fingerprint density at radius 2 is 1.60 bits per heavy atom. The van der Waals surface area contributed by atoms with Crippen LogP contribution in [0.5, 0.6) is 0 Å². The number of hydrogen-bond donors (Lipinski definition) is 0. The van der Waals surface area contributed by atoms with Crippen LogP contribution in [0.2, 0.25) is 19.3 Å². The molecule has 1 aliphatic carbocycles. The first-order chi connectivity index (χ1) is 4.58. The topological polar surface area (TPSA) is 0 Å². The minimum atomic E-state index is -1.38. The van der Waals surface area contributed by atoms with Gasteiger partial charge in [-0.15, -0.1) is 0 Å². The SMILES string of the molecule is [CH3][Sn]([CH3])([CH3])[CH2]C1CCCC1. The Labute approximate surface area is 69.3 Å². The minimum absolute atomic E-state index is 1.15. The van der Waals surface area contributed by atoms with Gasteiger partial charge in [0, 0.05) is 0 Å². The molecule has 0 atom stereocenters. The zero-order valence-corrected chi connectivity index (χ0v) is 10.5. The van der Waals surface area contributed by atoms with Crippen LogP contribution >= 0.6 is 0 Å². The fourth-order valence-electron chi connectivity index (χ4n) is 2.08. The second-order valence-corrected chi connectivity index (χ2v) is 20.7. The Bertz CT molecular complexity index is 95.8. The standard InChI is InChI=1S/C6H11.3CH3.Sn/c1-6-4-2-3-5-6;;;;/h6H,1-5H2;3*1H3;. The summed E-state index contributed by atoms with van der Waals surface area (Å²) < 4.78 is 1.65. The van der Waals surface area contributed by atoms with Gasteiger partial charge in [-0.25, -0.2) is 0 Å². The van der Waals surface area contributed by atoms with Crippen molar-refractivity contribution in [2.24, 2.45) is 5.92 Å². The van der Waals surface area contributed by atoms with Crippen LogP contribution in [0.4, 0.5) is 0 Å². The summed E-state index contributed by atoms with van der Waals surface area (Å²) in [6.45, 7) is 0. The molecule has 0 aromatic carbocycles. The molecule has 1 heteroatoms. The summed E-state index contributed by atoms with van der Waals surface area (Å²) in [4.78, 5) is 7.69. The van der Waals surface area contributed by atoms with E-state index >= 15 is 0 Å². The average molecular weight is 247 g/mol. The molecule has 0 amide bonds. The van der Waals surface area contributed by atoms with Gasteiger partial charge in [0.25, 0.3) is 0 Å². The average Bonchev–Trinajstić information content (AvgIpc) is 2.12. The van der Waals surface area contributed by atoms with Crippen LogP contribution in [0.25, 0.3) is 0 Å². The Balaban J connectivity index is 2.24. The molecule has 0 N–H and O–H groups in total. The second-order valence-electron chi connectivity index (χ2n) is 4.92. The molecule has 10 heavy (non-hydrogen) atoms. The summed E-state index contributed by atoms with van der Waals surface area (Å²) >= 11 is -1.38. The summed E-state index contributed by atoms with van der Waals surface area (Å²) in [5, 5.41) is 0. The summed E-state index contributed by atoms with van der Waals surface area (Å²) in [5.41, 5.74) is 0. The monoisotopic (exact) mass is 248 g/mol. The van der Waals surface area contributed by atoms with Gasteiger partial charge >= 0.3 is 69.2 Å². The quantitative estimate of drug-likeness (QED) is 0.655. The molecule has 1 fully saturated rings. The van der Waals surface area contributed by atoms with Gasteiger partial charge in [0.05, 0.1) is 0 Å². The third-order valence-corrected chi connectivity index (χ3v) is 7.52. The Morgan fingerprint density at radius 3 is 2.00 bits per heavy atom. The van der Waals surface area contributed by atoms with Crippen LogP contribution in [-0.4, -0.2) is 18.4 Å². The van der Waals surface area contributed by atoms with Gasteiger partial charge < -0.3 is 0 Å². The number of hydrogen-bond acceptors (Lipinski definition) is 0. The molecule has 0 nitrogen and oxygen atoms in total. The van der Waals surface area contributed by atoms with E-state index in [9.17, 15) is 0 Å². The van der Waals surface area contributed by atoms with Crippen molar-refractivity contribution in [3.05, 3.63) is 0 Å². The zero-order valence-electron chi connectivity index (χ0n) is 7.61. The molecule has 0 aliphatic heterocycles. The van der Waals surface area contributed by atoms with E-state index in [-0.39, 0.29) is 0 Å². The Hall–Kier alpha value is 0.799. The van der Waals surface area contributed by atoms with Crippen LogP contribution in [0.3, 0.4) is 0 Å². The molecule has 0 radical (unpaired) electrons. The van der Waals surface area contributed by atoms with Crippen molar-refractivity contribution in [2.75, 3.05) is 0 Å². The van der Waals surface area contributed by atoms with Gasteiger partial charge in [-0.1, -0.05) is 0 Å². The van der Waals surface area contributed by atoms with Crippen LogP contribution < -0.4 is 0 Å². The first-order valence-corrected chi connectivity index (χ1v) is 15.2. The van der Waals surface area contributed by atoms with Crippen LogP contribution in [-0.2, 0) is 0 Å². The van der Waals surface area contributed by atoms with Crippen molar-refractivity contribution in [2.45, 2.75) is 44.9 Å². The maximum absolute atomic E-state index is 2.56. The maximum atomic E-state index is 2.56. The second kappa shape index (κ2) is 3.46. The van der Waals surface area contributed by atoms with Gasteiger partial charge in [-0.2, -0.15) is 0 Å². The molecule has 60 valence electrons. The van der Waals surface area contributed by atoms with Crippen molar-refractivity contribution in [1.82, 2.24) is 0 Å². The van der Waals surface area contributed by atoms with Crippen LogP contribution in [0.15, 0.2) is 0 Å². The van der Waals surface area contributed by atoms with E-state index in [4.69, 9.17) is 0 Å². The number of rotatable bonds is 2. The van der Waals surface area contributed by atoms with E-state index in [1.807, 2.05) is 0 Å². The normalized spacial score (nSPS) is 21.9. The fraction of sp³-hybridized carbons (Fsp3) is 1.00. The predicted octanol–water partition coefficient (Wildman–Crippen LogP) is 3.51. The molecule has 0 aromatic rings. The van der Waals surface area contributed by atoms with E-state index in [0.717, 1.165) is 5.92 Å². The Kier molecular flexibility index (Phi) is 3.08. The first kappa shape index (κ1) is 8.89. The summed E-state index contributed by atoms with van der Waals surface area (Å²) in [6, 6.07) is 0. The third kappa shape index (κ3) is 3.27. The van der Waals surface area contributed by atoms with E-state index in [1.54, 1.807) is 17.3 Å². The van der Waals surface area contributed by atoms with Gasteiger partial charge in [0.2, 0.25) is 0 Å².